The molecule has 1 amide bonds. The van der Waals surface area contributed by atoms with Gasteiger partial charge in [-0.3, -0.25) is 0 Å². The summed E-state index contributed by atoms with van der Waals surface area (Å²) in [5, 5.41) is 0. The van der Waals surface area contributed by atoms with Crippen molar-refractivity contribution in [2.45, 2.75) is 96.2 Å². The molecule has 1 aromatic heterocycles. The molecule has 1 saturated heterocycles. The fourth-order valence-electron chi connectivity index (χ4n) is 4.82. The van der Waals surface area contributed by atoms with E-state index in [0.29, 0.717) is 31.7 Å². The van der Waals surface area contributed by atoms with E-state index >= 15 is 0 Å². The van der Waals surface area contributed by atoms with Crippen molar-refractivity contribution in [1.82, 2.24) is 19.8 Å². The van der Waals surface area contributed by atoms with Crippen molar-refractivity contribution in [2.75, 3.05) is 26.7 Å². The second kappa shape index (κ2) is 7.61. The molecule has 2 aliphatic heterocycles. The zero-order valence-corrected chi connectivity index (χ0v) is 20.2. The molecule has 7 heteroatoms. The Bertz CT molecular complexity index is 852. The first-order chi connectivity index (χ1) is 14.4. The van der Waals surface area contributed by atoms with E-state index in [1.54, 1.807) is 0 Å². The summed E-state index contributed by atoms with van der Waals surface area (Å²) >= 11 is 0. The highest BCUT2D eigenvalue weighted by Gasteiger charge is 2.54. The Hall–Kier alpha value is -1.89. The van der Waals surface area contributed by atoms with E-state index in [-0.39, 0.29) is 16.9 Å². The lowest BCUT2D eigenvalue weighted by atomic mass is 9.80. The van der Waals surface area contributed by atoms with Crippen LogP contribution in [0.4, 0.5) is 4.79 Å². The van der Waals surface area contributed by atoms with Crippen molar-refractivity contribution in [3.8, 4) is 6.01 Å². The fraction of sp³-hybridized carbons (Fsp3) is 0.792. The molecule has 7 nitrogen and oxygen atoms in total. The molecule has 172 valence electrons. The minimum atomic E-state index is -0.516. The van der Waals surface area contributed by atoms with Crippen molar-refractivity contribution in [3.05, 3.63) is 17.0 Å². The molecule has 1 aliphatic carbocycles. The van der Waals surface area contributed by atoms with Crippen molar-refractivity contribution in [2.24, 2.45) is 0 Å². The van der Waals surface area contributed by atoms with Gasteiger partial charge in [0.15, 0.2) is 0 Å². The lowest BCUT2D eigenvalue weighted by Crippen LogP contribution is -2.45. The van der Waals surface area contributed by atoms with Crippen molar-refractivity contribution in [1.29, 1.82) is 0 Å². The number of ether oxygens (including phenoxy) is 2. The molecule has 31 heavy (non-hydrogen) atoms. The van der Waals surface area contributed by atoms with E-state index in [2.05, 4.69) is 32.7 Å². The topological polar surface area (TPSA) is 67.8 Å². The highest BCUT2D eigenvalue weighted by Crippen LogP contribution is 2.54. The standard InChI is InChI=1S/C24H38N4O3/c1-22(2,3)19-18-17(25-20(26-19)30-14-16-9-8-12-27(16)7)13-28(15-24(18)10-11-24)21(29)31-23(4,5)6/h16H,8-15H2,1-7H3/t16-/m0/s1. The first-order valence-corrected chi connectivity index (χ1v) is 11.6. The molecular weight excluding hydrogens is 392 g/mol. The number of carbonyl (C=O) groups is 1. The molecule has 2 fully saturated rings. The van der Waals surface area contributed by atoms with Crippen LogP contribution in [0.2, 0.25) is 0 Å². The summed E-state index contributed by atoms with van der Waals surface area (Å²) in [5.74, 6) is 0. The van der Waals surface area contributed by atoms with Crippen molar-refractivity contribution < 1.29 is 14.3 Å². The van der Waals surface area contributed by atoms with Gasteiger partial charge in [0.25, 0.3) is 0 Å². The molecule has 4 rings (SSSR count). The largest absolute Gasteiger partial charge is 0.462 e. The summed E-state index contributed by atoms with van der Waals surface area (Å²) in [7, 11) is 2.14. The first-order valence-electron chi connectivity index (χ1n) is 11.6. The molecule has 1 atom stereocenters. The minimum absolute atomic E-state index is 0.0443. The fourth-order valence-corrected chi connectivity index (χ4v) is 4.82. The van der Waals surface area contributed by atoms with Crippen LogP contribution in [-0.4, -0.2) is 64.2 Å². The molecule has 1 spiro atoms. The lowest BCUT2D eigenvalue weighted by Gasteiger charge is -2.38. The zero-order valence-electron chi connectivity index (χ0n) is 20.2. The summed E-state index contributed by atoms with van der Waals surface area (Å²) in [6, 6.07) is 0.844. The SMILES string of the molecule is CN1CCC[C@H]1COc1nc2c(c(C(C)(C)C)n1)C1(CC1)CN(C(=O)OC(C)(C)C)C2. The van der Waals surface area contributed by atoms with E-state index in [1.165, 1.54) is 12.0 Å². The molecule has 1 saturated carbocycles. The van der Waals surface area contributed by atoms with Crippen LogP contribution >= 0.6 is 0 Å². The number of hydrogen-bond acceptors (Lipinski definition) is 6. The Morgan fingerprint density at radius 3 is 2.42 bits per heavy atom. The zero-order chi connectivity index (χ0) is 22.6. The van der Waals surface area contributed by atoms with Crippen molar-refractivity contribution >= 4 is 6.09 Å². The van der Waals surface area contributed by atoms with E-state index in [9.17, 15) is 4.79 Å². The number of nitrogens with zero attached hydrogens (tertiary/aromatic N) is 4. The quantitative estimate of drug-likeness (QED) is 0.721. The maximum Gasteiger partial charge on any atom is 0.410 e. The summed E-state index contributed by atoms with van der Waals surface area (Å²) in [4.78, 5) is 26.8. The predicted molar refractivity (Wildman–Crippen MR) is 119 cm³/mol. The van der Waals surface area contributed by atoms with Crippen LogP contribution in [-0.2, 0) is 22.1 Å². The highest BCUT2D eigenvalue weighted by molar-refractivity contribution is 5.69. The van der Waals surface area contributed by atoms with Gasteiger partial charge in [-0.2, -0.15) is 9.97 Å². The Kier molecular flexibility index (Phi) is 5.48. The smallest absolute Gasteiger partial charge is 0.410 e. The van der Waals surface area contributed by atoms with Crippen LogP contribution in [0.1, 0.15) is 84.2 Å². The van der Waals surface area contributed by atoms with Crippen LogP contribution in [0.5, 0.6) is 6.01 Å². The van der Waals surface area contributed by atoms with Crippen molar-refractivity contribution in [3.63, 3.8) is 0 Å². The van der Waals surface area contributed by atoms with Gasteiger partial charge in [-0.25, -0.2) is 4.79 Å². The van der Waals surface area contributed by atoms with E-state index in [4.69, 9.17) is 19.4 Å². The first kappa shape index (κ1) is 22.3. The van der Waals surface area contributed by atoms with E-state index < -0.39 is 5.60 Å². The van der Waals surface area contributed by atoms with Gasteiger partial charge in [-0.15, -0.1) is 0 Å². The second-order valence-electron chi connectivity index (χ2n) is 11.6. The Morgan fingerprint density at radius 1 is 1.16 bits per heavy atom. The van der Waals surface area contributed by atoms with Crippen LogP contribution < -0.4 is 4.74 Å². The molecule has 0 aromatic carbocycles. The predicted octanol–water partition coefficient (Wildman–Crippen LogP) is 4.03. The highest BCUT2D eigenvalue weighted by atomic mass is 16.6. The molecule has 3 aliphatic rings. The molecule has 0 bridgehead atoms. The third kappa shape index (κ3) is 4.66. The van der Waals surface area contributed by atoms with Crippen LogP contribution in [0.15, 0.2) is 0 Å². The summed E-state index contributed by atoms with van der Waals surface area (Å²) < 4.78 is 11.8. The maximum absolute atomic E-state index is 12.9. The lowest BCUT2D eigenvalue weighted by molar-refractivity contribution is 0.0190. The summed E-state index contributed by atoms with van der Waals surface area (Å²) in [6.45, 7) is 15.1. The van der Waals surface area contributed by atoms with Crippen LogP contribution in [0.25, 0.3) is 0 Å². The Balaban J connectivity index is 1.65. The molecule has 0 unspecified atom stereocenters. The number of hydrogen-bond donors (Lipinski definition) is 0. The number of aromatic nitrogens is 2. The third-order valence-corrected chi connectivity index (χ3v) is 6.62. The van der Waals surface area contributed by atoms with Gasteiger partial charge in [0.1, 0.15) is 12.2 Å². The number of amides is 1. The van der Waals surface area contributed by atoms with Gasteiger partial charge >= 0.3 is 12.1 Å². The second-order valence-corrected chi connectivity index (χ2v) is 11.6. The van der Waals surface area contributed by atoms with E-state index in [0.717, 1.165) is 37.2 Å². The minimum Gasteiger partial charge on any atom is -0.462 e. The summed E-state index contributed by atoms with van der Waals surface area (Å²) in [6.07, 6.45) is 4.19. The average molecular weight is 431 g/mol. The van der Waals surface area contributed by atoms with Gasteiger partial charge in [0.05, 0.1) is 17.9 Å². The third-order valence-electron chi connectivity index (χ3n) is 6.62. The molecule has 0 radical (unpaired) electrons. The van der Waals surface area contributed by atoms with Gasteiger partial charge in [-0.1, -0.05) is 20.8 Å². The van der Waals surface area contributed by atoms with Gasteiger partial charge < -0.3 is 19.3 Å². The van der Waals surface area contributed by atoms with Gasteiger partial charge in [-0.05, 0) is 60.0 Å². The summed E-state index contributed by atoms with van der Waals surface area (Å²) in [5.41, 5.74) is 2.54. The van der Waals surface area contributed by atoms with Gasteiger partial charge in [0.2, 0.25) is 0 Å². The molecule has 3 heterocycles. The monoisotopic (exact) mass is 430 g/mol. The Morgan fingerprint density at radius 2 is 1.87 bits per heavy atom. The van der Waals surface area contributed by atoms with Crippen LogP contribution in [0, 0.1) is 0 Å². The van der Waals surface area contributed by atoms with Crippen LogP contribution in [0.3, 0.4) is 0 Å². The number of rotatable bonds is 3. The number of likely N-dealkylation sites (N-methyl/N-ethyl adjacent to an activating group) is 1. The number of likely N-dealkylation sites (tertiary alicyclic amines) is 1. The average Bonchev–Trinajstić information content (AvgIpc) is 3.28. The number of fused-ring (bicyclic) bond motifs is 2. The number of carbonyl (C=O) groups excluding carboxylic acids is 1. The normalized spacial score (nSPS) is 23.1. The molecule has 0 N–H and O–H groups in total. The Labute approximate surface area is 186 Å². The van der Waals surface area contributed by atoms with E-state index in [1.807, 2.05) is 25.7 Å². The molecule has 1 aromatic rings. The molecular formula is C24H38N4O3. The van der Waals surface area contributed by atoms with Gasteiger partial charge in [0, 0.05) is 29.0 Å². The maximum atomic E-state index is 12.9.